The van der Waals surface area contributed by atoms with Crippen LogP contribution in [0.4, 0.5) is 5.82 Å². The van der Waals surface area contributed by atoms with E-state index in [-0.39, 0.29) is 0 Å². The van der Waals surface area contributed by atoms with E-state index >= 15 is 0 Å². The summed E-state index contributed by atoms with van der Waals surface area (Å²) < 4.78 is 2.28. The van der Waals surface area contributed by atoms with Crippen LogP contribution in [0.15, 0.2) is 42.7 Å². The van der Waals surface area contributed by atoms with E-state index in [1.807, 2.05) is 6.20 Å². The molecule has 0 radical (unpaired) electrons. The monoisotopic (exact) mass is 418 g/mol. The molecule has 5 rings (SSSR count). The number of pyridine rings is 2. The van der Waals surface area contributed by atoms with E-state index in [0.29, 0.717) is 18.1 Å². The third-order valence-corrected chi connectivity index (χ3v) is 7.31. The topological polar surface area (TPSA) is 39.9 Å². The van der Waals surface area contributed by atoms with Crippen molar-refractivity contribution in [3.05, 3.63) is 59.7 Å². The molecule has 0 spiro atoms. The number of hydrogen-bond acceptors (Lipinski definition) is 5. The molecule has 0 aromatic carbocycles. The van der Waals surface area contributed by atoms with Crippen molar-refractivity contribution in [1.82, 2.24) is 24.2 Å². The lowest BCUT2D eigenvalue weighted by atomic mass is 9.91. The zero-order valence-electron chi connectivity index (χ0n) is 19.2. The summed E-state index contributed by atoms with van der Waals surface area (Å²) in [4.78, 5) is 17.1. The first-order valence-corrected chi connectivity index (χ1v) is 11.6. The van der Waals surface area contributed by atoms with Crippen LogP contribution in [0.5, 0.6) is 0 Å². The lowest BCUT2D eigenvalue weighted by Crippen LogP contribution is -2.55. The van der Waals surface area contributed by atoms with Gasteiger partial charge < -0.3 is 4.90 Å². The second-order valence-electron chi connectivity index (χ2n) is 9.48. The van der Waals surface area contributed by atoms with Gasteiger partial charge in [0.25, 0.3) is 0 Å². The van der Waals surface area contributed by atoms with Crippen molar-refractivity contribution in [3.8, 4) is 0 Å². The Hall–Kier alpha value is -2.44. The van der Waals surface area contributed by atoms with Gasteiger partial charge in [0.15, 0.2) is 0 Å². The maximum absolute atomic E-state index is 4.98. The Morgan fingerprint density at radius 2 is 1.90 bits per heavy atom. The second-order valence-corrected chi connectivity index (χ2v) is 9.48. The highest BCUT2D eigenvalue weighted by Crippen LogP contribution is 2.33. The lowest BCUT2D eigenvalue weighted by Gasteiger charge is -2.43. The van der Waals surface area contributed by atoms with Crippen LogP contribution in [0.1, 0.15) is 49.7 Å². The highest BCUT2D eigenvalue weighted by molar-refractivity contribution is 5.53. The summed E-state index contributed by atoms with van der Waals surface area (Å²) in [6.07, 6.45) is 7.70. The molecular formula is C25H34N6. The predicted octanol–water partition coefficient (Wildman–Crippen LogP) is 3.77. The molecule has 1 aliphatic carbocycles. The molecule has 3 aromatic heterocycles. The van der Waals surface area contributed by atoms with E-state index in [0.717, 1.165) is 43.8 Å². The number of imidazole rings is 1. The molecular weight excluding hydrogens is 384 g/mol. The Morgan fingerprint density at radius 3 is 2.71 bits per heavy atom. The average Bonchev–Trinajstić information content (AvgIpc) is 3.19. The molecule has 3 atom stereocenters. The summed E-state index contributed by atoms with van der Waals surface area (Å²) in [5.41, 5.74) is 4.80. The van der Waals surface area contributed by atoms with Gasteiger partial charge in [-0.1, -0.05) is 12.1 Å². The molecule has 0 N–H and O–H groups in total. The Kier molecular flexibility index (Phi) is 5.44. The molecule has 3 unspecified atom stereocenters. The van der Waals surface area contributed by atoms with Crippen molar-refractivity contribution in [1.29, 1.82) is 0 Å². The maximum Gasteiger partial charge on any atom is 0.138 e. The van der Waals surface area contributed by atoms with E-state index in [1.165, 1.54) is 23.5 Å². The Morgan fingerprint density at radius 1 is 1.10 bits per heavy atom. The Balaban J connectivity index is 1.39. The minimum Gasteiger partial charge on any atom is -0.355 e. The van der Waals surface area contributed by atoms with Gasteiger partial charge in [-0.2, -0.15) is 0 Å². The standard InChI is InChI=1S/C25H34N6/c1-18-14-30(15-19(2)29(18)4)24-12-6-11-23-27-21(17-31(23)24)16-28(3)22-10-5-8-20-9-7-13-26-25(20)22/h6-7,9,11-13,17-19,22H,5,8,10,14-16H2,1-4H3. The van der Waals surface area contributed by atoms with Crippen molar-refractivity contribution >= 4 is 11.5 Å². The number of piperazine rings is 1. The first-order valence-electron chi connectivity index (χ1n) is 11.6. The van der Waals surface area contributed by atoms with Gasteiger partial charge in [0, 0.05) is 44.1 Å². The third kappa shape index (κ3) is 3.83. The fourth-order valence-corrected chi connectivity index (χ4v) is 5.35. The highest BCUT2D eigenvalue weighted by Gasteiger charge is 2.28. The van der Waals surface area contributed by atoms with Crippen LogP contribution in [-0.2, 0) is 13.0 Å². The molecule has 0 amide bonds. The van der Waals surface area contributed by atoms with Crippen LogP contribution in [0, 0.1) is 0 Å². The summed E-state index contributed by atoms with van der Waals surface area (Å²) >= 11 is 0. The summed E-state index contributed by atoms with van der Waals surface area (Å²) in [5, 5.41) is 0. The molecule has 0 saturated carbocycles. The number of aryl methyl sites for hydroxylation is 1. The van der Waals surface area contributed by atoms with Crippen LogP contribution in [-0.4, -0.2) is 63.4 Å². The van der Waals surface area contributed by atoms with Gasteiger partial charge in [-0.3, -0.25) is 19.2 Å². The summed E-state index contributed by atoms with van der Waals surface area (Å²) in [6, 6.07) is 12.2. The predicted molar refractivity (Wildman–Crippen MR) is 125 cm³/mol. The Labute approximate surface area is 185 Å². The second kappa shape index (κ2) is 8.24. The van der Waals surface area contributed by atoms with Crippen molar-refractivity contribution in [2.75, 3.05) is 32.1 Å². The van der Waals surface area contributed by atoms with Crippen LogP contribution in [0.25, 0.3) is 5.65 Å². The number of rotatable bonds is 4. The third-order valence-electron chi connectivity index (χ3n) is 7.31. The van der Waals surface area contributed by atoms with Crippen LogP contribution in [0.2, 0.25) is 0 Å². The summed E-state index contributed by atoms with van der Waals surface area (Å²) in [5.74, 6) is 1.25. The fraction of sp³-hybridized carbons (Fsp3) is 0.520. The van der Waals surface area contributed by atoms with Crippen LogP contribution < -0.4 is 4.90 Å². The molecule has 4 heterocycles. The Bertz CT molecular complexity index is 1050. The molecule has 6 nitrogen and oxygen atoms in total. The summed E-state index contributed by atoms with van der Waals surface area (Å²) in [7, 11) is 4.44. The maximum atomic E-state index is 4.98. The van der Waals surface area contributed by atoms with E-state index in [1.54, 1.807) is 0 Å². The van der Waals surface area contributed by atoms with Crippen molar-refractivity contribution in [2.45, 2.75) is 57.8 Å². The fourth-order valence-electron chi connectivity index (χ4n) is 5.35. The normalized spacial score (nSPS) is 24.7. The minimum absolute atomic E-state index is 0.369. The van der Waals surface area contributed by atoms with E-state index in [9.17, 15) is 0 Å². The lowest BCUT2D eigenvalue weighted by molar-refractivity contribution is 0.169. The molecule has 31 heavy (non-hydrogen) atoms. The number of nitrogens with zero attached hydrogens (tertiary/aromatic N) is 6. The first kappa shape index (κ1) is 20.5. The van der Waals surface area contributed by atoms with E-state index < -0.39 is 0 Å². The average molecular weight is 419 g/mol. The van der Waals surface area contributed by atoms with Gasteiger partial charge in [-0.25, -0.2) is 4.98 Å². The van der Waals surface area contributed by atoms with Crippen molar-refractivity contribution in [3.63, 3.8) is 0 Å². The zero-order valence-corrected chi connectivity index (χ0v) is 19.2. The number of anilines is 1. The SMILES string of the molecule is CC1CN(c2cccc3nc(CN(C)C4CCCc5cccnc54)cn23)CC(C)N1C. The van der Waals surface area contributed by atoms with Crippen molar-refractivity contribution in [2.24, 2.45) is 0 Å². The van der Waals surface area contributed by atoms with Gasteiger partial charge in [-0.15, -0.1) is 0 Å². The molecule has 164 valence electrons. The molecule has 1 saturated heterocycles. The van der Waals surface area contributed by atoms with Gasteiger partial charge in [0.2, 0.25) is 0 Å². The number of hydrogen-bond donors (Lipinski definition) is 0. The molecule has 2 aliphatic rings. The van der Waals surface area contributed by atoms with Crippen molar-refractivity contribution < 1.29 is 0 Å². The number of fused-ring (bicyclic) bond motifs is 2. The zero-order chi connectivity index (χ0) is 21.5. The highest BCUT2D eigenvalue weighted by atomic mass is 15.3. The molecule has 3 aromatic rings. The molecule has 1 fully saturated rings. The van der Waals surface area contributed by atoms with Crippen LogP contribution >= 0.6 is 0 Å². The quantitative estimate of drug-likeness (QED) is 0.645. The van der Waals surface area contributed by atoms with E-state index in [2.05, 4.69) is 83.6 Å². The van der Waals surface area contributed by atoms with Gasteiger partial charge in [0.05, 0.1) is 17.4 Å². The smallest absolute Gasteiger partial charge is 0.138 e. The van der Waals surface area contributed by atoms with Gasteiger partial charge in [-0.05, 0) is 71.0 Å². The molecule has 0 bridgehead atoms. The largest absolute Gasteiger partial charge is 0.355 e. The molecule has 6 heteroatoms. The van der Waals surface area contributed by atoms with Crippen LogP contribution in [0.3, 0.4) is 0 Å². The molecule has 1 aliphatic heterocycles. The van der Waals surface area contributed by atoms with Gasteiger partial charge >= 0.3 is 0 Å². The minimum atomic E-state index is 0.369. The van der Waals surface area contributed by atoms with E-state index in [4.69, 9.17) is 9.97 Å². The first-order chi connectivity index (χ1) is 15.0. The van der Waals surface area contributed by atoms with Gasteiger partial charge in [0.1, 0.15) is 11.5 Å². The number of likely N-dealkylation sites (N-methyl/N-ethyl adjacent to an activating group) is 1. The number of aromatic nitrogens is 3. The summed E-state index contributed by atoms with van der Waals surface area (Å²) in [6.45, 7) is 7.54.